The van der Waals surface area contributed by atoms with Gasteiger partial charge in [-0.05, 0) is 37.6 Å². The maximum atomic E-state index is 13.3. The molecule has 0 fully saturated rings. The van der Waals surface area contributed by atoms with E-state index in [0.29, 0.717) is 5.56 Å². The first-order chi connectivity index (χ1) is 8.52. The monoisotopic (exact) mass is 257 g/mol. The summed E-state index contributed by atoms with van der Waals surface area (Å²) in [5, 5.41) is 3.11. The molecule has 0 saturated heterocycles. The van der Waals surface area contributed by atoms with E-state index in [-0.39, 0.29) is 6.04 Å². The van der Waals surface area contributed by atoms with Gasteiger partial charge in [-0.2, -0.15) is 0 Å². The Balaban J connectivity index is 3.22. The van der Waals surface area contributed by atoms with Crippen molar-refractivity contribution in [3.8, 4) is 0 Å². The Labute approximate surface area is 107 Å². The van der Waals surface area contributed by atoms with Crippen molar-refractivity contribution in [1.82, 2.24) is 5.32 Å². The molecule has 4 heteroatoms. The maximum absolute atomic E-state index is 13.3. The zero-order chi connectivity index (χ0) is 13.8. The van der Waals surface area contributed by atoms with Gasteiger partial charge in [0.2, 0.25) is 0 Å². The first-order valence-corrected chi connectivity index (χ1v) is 6.21. The van der Waals surface area contributed by atoms with Crippen molar-refractivity contribution in [2.75, 3.05) is 14.2 Å². The smallest absolute Gasteiger partial charge is 0.126 e. The van der Waals surface area contributed by atoms with E-state index < -0.39 is 17.2 Å². The van der Waals surface area contributed by atoms with E-state index in [2.05, 4.69) is 5.32 Å². The fraction of sp³-hybridized carbons (Fsp3) is 0.571. The lowest BCUT2D eigenvalue weighted by Crippen LogP contribution is -2.43. The van der Waals surface area contributed by atoms with Gasteiger partial charge in [0.1, 0.15) is 11.6 Å². The summed E-state index contributed by atoms with van der Waals surface area (Å²) in [7, 11) is 3.40. The van der Waals surface area contributed by atoms with Crippen LogP contribution in [0.5, 0.6) is 0 Å². The number of hydrogen-bond donors (Lipinski definition) is 1. The predicted molar refractivity (Wildman–Crippen MR) is 68.5 cm³/mol. The third kappa shape index (κ3) is 2.87. The lowest BCUT2D eigenvalue weighted by Gasteiger charge is -2.38. The Morgan fingerprint density at radius 2 is 1.67 bits per heavy atom. The highest BCUT2D eigenvalue weighted by Gasteiger charge is 2.36. The van der Waals surface area contributed by atoms with Crippen molar-refractivity contribution in [3.05, 3.63) is 35.4 Å². The van der Waals surface area contributed by atoms with Crippen molar-refractivity contribution in [2.24, 2.45) is 0 Å². The van der Waals surface area contributed by atoms with Crippen LogP contribution < -0.4 is 5.32 Å². The van der Waals surface area contributed by atoms with Crippen LogP contribution in [0.1, 0.15) is 38.3 Å². The maximum Gasteiger partial charge on any atom is 0.126 e. The molecular weight excluding hydrogens is 236 g/mol. The third-order valence-electron chi connectivity index (χ3n) is 3.64. The molecule has 1 aromatic rings. The first kappa shape index (κ1) is 15.1. The largest absolute Gasteiger partial charge is 0.376 e. The molecule has 1 atom stereocenters. The number of benzene rings is 1. The first-order valence-electron chi connectivity index (χ1n) is 6.21. The summed E-state index contributed by atoms with van der Waals surface area (Å²) in [6.45, 7) is 4.01. The molecule has 0 spiro atoms. The summed E-state index contributed by atoms with van der Waals surface area (Å²) < 4.78 is 32.2. The van der Waals surface area contributed by atoms with Gasteiger partial charge < -0.3 is 10.1 Å². The van der Waals surface area contributed by atoms with Crippen LogP contribution in [0.15, 0.2) is 18.2 Å². The second-order valence-corrected chi connectivity index (χ2v) is 4.40. The molecule has 2 nitrogen and oxygen atoms in total. The van der Waals surface area contributed by atoms with Crippen LogP contribution >= 0.6 is 0 Å². The van der Waals surface area contributed by atoms with Gasteiger partial charge in [0.05, 0.1) is 11.6 Å². The average Bonchev–Trinajstić information content (AvgIpc) is 2.35. The van der Waals surface area contributed by atoms with Gasteiger partial charge in [0.25, 0.3) is 0 Å². The molecule has 0 radical (unpaired) electrons. The number of halogens is 2. The van der Waals surface area contributed by atoms with E-state index in [0.717, 1.165) is 18.9 Å². The van der Waals surface area contributed by atoms with Crippen LogP contribution in [0.2, 0.25) is 0 Å². The Hall–Kier alpha value is -1.00. The standard InChI is InChI=1S/C14H21F2NO/c1-5-14(6-2,18-4)13(17-3)10-7-11(15)9-12(16)8-10/h7-9,13,17H,5-6H2,1-4H3. The topological polar surface area (TPSA) is 21.3 Å². The van der Waals surface area contributed by atoms with Crippen LogP contribution in [-0.4, -0.2) is 19.8 Å². The van der Waals surface area contributed by atoms with Gasteiger partial charge >= 0.3 is 0 Å². The zero-order valence-electron chi connectivity index (χ0n) is 11.4. The van der Waals surface area contributed by atoms with Crippen molar-refractivity contribution < 1.29 is 13.5 Å². The third-order valence-corrected chi connectivity index (χ3v) is 3.64. The second-order valence-electron chi connectivity index (χ2n) is 4.40. The van der Waals surface area contributed by atoms with Gasteiger partial charge in [-0.1, -0.05) is 13.8 Å². The summed E-state index contributed by atoms with van der Waals surface area (Å²) in [6.07, 6.45) is 1.51. The van der Waals surface area contributed by atoms with Crippen LogP contribution in [0.3, 0.4) is 0 Å². The minimum Gasteiger partial charge on any atom is -0.376 e. The van der Waals surface area contributed by atoms with Gasteiger partial charge in [0, 0.05) is 13.2 Å². The molecule has 0 aliphatic rings. The predicted octanol–water partition coefficient (Wildman–Crippen LogP) is 3.43. The number of likely N-dealkylation sites (N-methyl/N-ethyl adjacent to an activating group) is 1. The van der Waals surface area contributed by atoms with E-state index in [4.69, 9.17) is 4.74 Å². The number of rotatable bonds is 6. The van der Waals surface area contributed by atoms with Crippen molar-refractivity contribution in [1.29, 1.82) is 0 Å². The summed E-state index contributed by atoms with van der Waals surface area (Å²) in [5.74, 6) is -1.13. The molecule has 0 aliphatic heterocycles. The number of methoxy groups -OCH3 is 1. The molecule has 1 rings (SSSR count). The summed E-state index contributed by atoms with van der Waals surface area (Å²) >= 11 is 0. The molecule has 0 heterocycles. The molecule has 1 unspecified atom stereocenters. The normalized spacial score (nSPS) is 13.7. The summed E-state index contributed by atoms with van der Waals surface area (Å²) in [4.78, 5) is 0. The van der Waals surface area contributed by atoms with Crippen LogP contribution in [0.25, 0.3) is 0 Å². The molecule has 1 N–H and O–H groups in total. The minimum atomic E-state index is -0.567. The molecule has 0 aromatic heterocycles. The lowest BCUT2D eigenvalue weighted by molar-refractivity contribution is -0.0468. The Morgan fingerprint density at radius 3 is 2.00 bits per heavy atom. The highest BCUT2D eigenvalue weighted by Crippen LogP contribution is 2.35. The highest BCUT2D eigenvalue weighted by molar-refractivity contribution is 5.24. The molecule has 18 heavy (non-hydrogen) atoms. The molecule has 102 valence electrons. The summed E-state index contributed by atoms with van der Waals surface area (Å²) in [6, 6.07) is 3.33. The van der Waals surface area contributed by atoms with Crippen LogP contribution in [0, 0.1) is 11.6 Å². The van der Waals surface area contributed by atoms with Crippen molar-refractivity contribution in [3.63, 3.8) is 0 Å². The van der Waals surface area contributed by atoms with Crippen LogP contribution in [-0.2, 0) is 4.74 Å². The fourth-order valence-corrected chi connectivity index (χ4v) is 2.54. The van der Waals surface area contributed by atoms with Gasteiger partial charge in [-0.25, -0.2) is 8.78 Å². The molecule has 1 aromatic carbocycles. The van der Waals surface area contributed by atoms with Crippen molar-refractivity contribution in [2.45, 2.75) is 38.3 Å². The zero-order valence-corrected chi connectivity index (χ0v) is 11.4. The molecule has 0 saturated carbocycles. The highest BCUT2D eigenvalue weighted by atomic mass is 19.1. The second kappa shape index (κ2) is 6.25. The van der Waals surface area contributed by atoms with E-state index in [1.165, 1.54) is 12.1 Å². The molecular formula is C14H21F2NO. The van der Waals surface area contributed by atoms with E-state index in [1.807, 2.05) is 13.8 Å². The van der Waals surface area contributed by atoms with E-state index in [1.54, 1.807) is 14.2 Å². The minimum absolute atomic E-state index is 0.248. The quantitative estimate of drug-likeness (QED) is 0.843. The Bertz CT molecular complexity index is 363. The molecule has 0 aliphatic carbocycles. The lowest BCUT2D eigenvalue weighted by atomic mass is 9.84. The Kier molecular flexibility index (Phi) is 5.23. The van der Waals surface area contributed by atoms with E-state index >= 15 is 0 Å². The van der Waals surface area contributed by atoms with Gasteiger partial charge in [-0.3, -0.25) is 0 Å². The van der Waals surface area contributed by atoms with Crippen molar-refractivity contribution >= 4 is 0 Å². The number of hydrogen-bond acceptors (Lipinski definition) is 2. The molecule has 0 bridgehead atoms. The van der Waals surface area contributed by atoms with Crippen LogP contribution in [0.4, 0.5) is 8.78 Å². The molecule has 0 amide bonds. The summed E-state index contributed by atoms with van der Waals surface area (Å²) in [5.41, 5.74) is 0.107. The fourth-order valence-electron chi connectivity index (χ4n) is 2.54. The average molecular weight is 257 g/mol. The Morgan fingerprint density at radius 1 is 1.17 bits per heavy atom. The number of nitrogens with one attached hydrogen (secondary N) is 1. The SMILES string of the molecule is CCC(CC)(OC)C(NC)c1cc(F)cc(F)c1. The van der Waals surface area contributed by atoms with Gasteiger partial charge in [-0.15, -0.1) is 0 Å². The van der Waals surface area contributed by atoms with Gasteiger partial charge in [0.15, 0.2) is 0 Å². The van der Waals surface area contributed by atoms with E-state index in [9.17, 15) is 8.78 Å². The number of ether oxygens (including phenoxy) is 1.